The lowest BCUT2D eigenvalue weighted by atomic mass is 9.98. The van der Waals surface area contributed by atoms with Gasteiger partial charge in [0.25, 0.3) is 5.22 Å². The van der Waals surface area contributed by atoms with E-state index in [0.717, 1.165) is 0 Å². The van der Waals surface area contributed by atoms with Gasteiger partial charge in [-0.2, -0.15) is 0 Å². The van der Waals surface area contributed by atoms with Crippen LogP contribution in [0, 0.1) is 0 Å². The largest absolute Gasteiger partial charge is 0.416 e. The Morgan fingerprint density at radius 2 is 1.64 bits per heavy atom. The van der Waals surface area contributed by atoms with Crippen LogP contribution in [0.1, 0.15) is 41.6 Å². The van der Waals surface area contributed by atoms with Crippen molar-refractivity contribution in [3.8, 4) is 0 Å². The first-order valence-corrected chi connectivity index (χ1v) is 9.14. The normalized spacial score (nSPS) is 13.4. The molecule has 4 nitrogen and oxygen atoms in total. The van der Waals surface area contributed by atoms with E-state index in [-0.39, 0.29) is 11.0 Å². The molecule has 0 aliphatic heterocycles. The first-order valence-electron chi connectivity index (χ1n) is 8.26. The molecule has 0 amide bonds. The van der Waals surface area contributed by atoms with E-state index < -0.39 is 0 Å². The second-order valence-electron chi connectivity index (χ2n) is 5.97. The summed E-state index contributed by atoms with van der Waals surface area (Å²) in [5, 5.41) is 8.35. The molecule has 25 heavy (non-hydrogen) atoms. The first-order chi connectivity index (χ1) is 12.1. The van der Waals surface area contributed by atoms with Gasteiger partial charge in [0.15, 0.2) is 5.78 Å². The van der Waals surface area contributed by atoms with E-state index in [2.05, 4.69) is 29.3 Å². The van der Waals surface area contributed by atoms with Gasteiger partial charge < -0.3 is 4.42 Å². The van der Waals surface area contributed by atoms with Gasteiger partial charge >= 0.3 is 0 Å². The van der Waals surface area contributed by atoms with Crippen molar-refractivity contribution in [2.75, 3.05) is 0 Å². The molecule has 0 fully saturated rings. The molecule has 1 aromatic heterocycles. The first kappa shape index (κ1) is 17.4. The average Bonchev–Trinajstić information content (AvgIpc) is 3.09. The van der Waals surface area contributed by atoms with Crippen molar-refractivity contribution in [3.05, 3.63) is 77.7 Å². The second-order valence-corrected chi connectivity index (χ2v) is 7.26. The Morgan fingerprint density at radius 3 is 2.32 bits per heavy atom. The number of carbonyl (C=O) groups excluding carboxylic acids is 1. The molecule has 1 heterocycles. The molecule has 0 aliphatic rings. The predicted molar refractivity (Wildman–Crippen MR) is 99.0 cm³/mol. The standard InChI is InChI=1S/C20H20N2O2S/c1-14(16-9-5-3-6-10-16)13-18-21-22-20(24-18)25-15(2)19(23)17-11-7-4-8-12-17/h3-12,14-15H,13H2,1-2H3. The lowest BCUT2D eigenvalue weighted by Gasteiger charge is -2.08. The molecule has 5 heteroatoms. The van der Waals surface area contributed by atoms with Crippen molar-refractivity contribution in [3.63, 3.8) is 0 Å². The molecular weight excluding hydrogens is 332 g/mol. The third-order valence-electron chi connectivity index (χ3n) is 4.00. The summed E-state index contributed by atoms with van der Waals surface area (Å²) in [5.74, 6) is 0.948. The summed E-state index contributed by atoms with van der Waals surface area (Å²) in [6.45, 7) is 3.99. The molecular formula is C20H20N2O2S. The summed E-state index contributed by atoms with van der Waals surface area (Å²) in [7, 11) is 0. The van der Waals surface area contributed by atoms with E-state index in [1.165, 1.54) is 17.3 Å². The topological polar surface area (TPSA) is 56.0 Å². The van der Waals surface area contributed by atoms with E-state index in [0.29, 0.717) is 29.0 Å². The van der Waals surface area contributed by atoms with Gasteiger partial charge in [0.2, 0.25) is 5.89 Å². The molecule has 128 valence electrons. The number of carbonyl (C=O) groups is 1. The summed E-state index contributed by atoms with van der Waals surface area (Å²) in [5.41, 5.74) is 1.93. The van der Waals surface area contributed by atoms with Crippen LogP contribution in [0.15, 0.2) is 70.3 Å². The van der Waals surface area contributed by atoms with Gasteiger partial charge in [-0.25, -0.2) is 0 Å². The maximum atomic E-state index is 12.4. The van der Waals surface area contributed by atoms with Crippen molar-refractivity contribution in [1.82, 2.24) is 10.2 Å². The Hall–Kier alpha value is -2.40. The van der Waals surface area contributed by atoms with Gasteiger partial charge in [-0.05, 0) is 18.4 Å². The molecule has 2 aromatic carbocycles. The number of hydrogen-bond donors (Lipinski definition) is 0. The number of benzene rings is 2. The summed E-state index contributed by atoms with van der Waals surface area (Å²) in [6, 6.07) is 19.5. The third kappa shape index (κ3) is 4.57. The minimum Gasteiger partial charge on any atom is -0.416 e. The maximum Gasteiger partial charge on any atom is 0.277 e. The van der Waals surface area contributed by atoms with Gasteiger partial charge in [0.05, 0.1) is 5.25 Å². The van der Waals surface area contributed by atoms with E-state index in [4.69, 9.17) is 4.42 Å². The highest BCUT2D eigenvalue weighted by molar-refractivity contribution is 8.00. The summed E-state index contributed by atoms with van der Waals surface area (Å²) in [6.07, 6.45) is 0.679. The Kier molecular flexibility index (Phi) is 5.66. The number of rotatable bonds is 7. The van der Waals surface area contributed by atoms with Gasteiger partial charge in [-0.1, -0.05) is 79.3 Å². The summed E-state index contributed by atoms with van der Waals surface area (Å²) in [4.78, 5) is 12.4. The SMILES string of the molecule is CC(Sc1nnc(CC(C)c2ccccc2)o1)C(=O)c1ccccc1. The third-order valence-corrected chi connectivity index (χ3v) is 4.94. The molecule has 3 rings (SSSR count). The fourth-order valence-electron chi connectivity index (χ4n) is 2.57. The van der Waals surface area contributed by atoms with Crippen LogP contribution in [0.4, 0.5) is 0 Å². The monoisotopic (exact) mass is 352 g/mol. The number of Topliss-reactive ketones (excluding diaryl/α,β-unsaturated/α-hetero) is 1. The lowest BCUT2D eigenvalue weighted by Crippen LogP contribution is -2.13. The number of aromatic nitrogens is 2. The van der Waals surface area contributed by atoms with Gasteiger partial charge in [-0.3, -0.25) is 4.79 Å². The molecule has 0 aliphatic carbocycles. The fraction of sp³-hybridized carbons (Fsp3) is 0.250. The number of nitrogens with zero attached hydrogens (tertiary/aromatic N) is 2. The fourth-order valence-corrected chi connectivity index (χ4v) is 3.35. The molecule has 0 saturated carbocycles. The zero-order valence-corrected chi connectivity index (χ0v) is 15.1. The van der Waals surface area contributed by atoms with Crippen LogP contribution >= 0.6 is 11.8 Å². The van der Waals surface area contributed by atoms with Gasteiger partial charge in [0.1, 0.15) is 0 Å². The Morgan fingerprint density at radius 1 is 1.00 bits per heavy atom. The Balaban J connectivity index is 1.61. The van der Waals surface area contributed by atoms with Crippen LogP contribution < -0.4 is 0 Å². The lowest BCUT2D eigenvalue weighted by molar-refractivity contribution is 0.0993. The highest BCUT2D eigenvalue weighted by Gasteiger charge is 2.20. The Bertz CT molecular complexity index is 818. The van der Waals surface area contributed by atoms with E-state index in [1.807, 2.05) is 55.5 Å². The van der Waals surface area contributed by atoms with Crippen LogP contribution in [-0.2, 0) is 6.42 Å². The maximum absolute atomic E-state index is 12.4. The van der Waals surface area contributed by atoms with E-state index >= 15 is 0 Å². The smallest absolute Gasteiger partial charge is 0.277 e. The van der Waals surface area contributed by atoms with Gasteiger partial charge in [0, 0.05) is 12.0 Å². The predicted octanol–water partition coefficient (Wildman–Crippen LogP) is 4.78. The summed E-state index contributed by atoms with van der Waals surface area (Å²) < 4.78 is 5.72. The number of ketones is 1. The van der Waals surface area contributed by atoms with Crippen molar-refractivity contribution < 1.29 is 9.21 Å². The highest BCUT2D eigenvalue weighted by Crippen LogP contribution is 2.26. The van der Waals surface area contributed by atoms with Gasteiger partial charge in [-0.15, -0.1) is 10.2 Å². The Labute approximate surface area is 151 Å². The molecule has 3 aromatic rings. The number of hydrogen-bond acceptors (Lipinski definition) is 5. The van der Waals surface area contributed by atoms with Crippen LogP contribution in [0.25, 0.3) is 0 Å². The molecule has 2 atom stereocenters. The van der Waals surface area contributed by atoms with E-state index in [9.17, 15) is 4.79 Å². The van der Waals surface area contributed by atoms with Crippen molar-refractivity contribution in [2.24, 2.45) is 0 Å². The van der Waals surface area contributed by atoms with Crippen LogP contribution in [0.5, 0.6) is 0 Å². The molecule has 0 radical (unpaired) electrons. The van der Waals surface area contributed by atoms with Crippen molar-refractivity contribution >= 4 is 17.5 Å². The zero-order valence-electron chi connectivity index (χ0n) is 14.3. The molecule has 0 bridgehead atoms. The highest BCUT2D eigenvalue weighted by atomic mass is 32.2. The number of thioether (sulfide) groups is 1. The van der Waals surface area contributed by atoms with Crippen molar-refractivity contribution in [1.29, 1.82) is 0 Å². The average molecular weight is 352 g/mol. The minimum absolute atomic E-state index is 0.0583. The molecule has 0 spiro atoms. The van der Waals surface area contributed by atoms with Crippen LogP contribution in [-0.4, -0.2) is 21.2 Å². The van der Waals surface area contributed by atoms with E-state index in [1.54, 1.807) is 0 Å². The second kappa shape index (κ2) is 8.12. The minimum atomic E-state index is -0.276. The van der Waals surface area contributed by atoms with Crippen LogP contribution in [0.2, 0.25) is 0 Å². The summed E-state index contributed by atoms with van der Waals surface area (Å²) >= 11 is 1.30. The van der Waals surface area contributed by atoms with Crippen molar-refractivity contribution in [2.45, 2.75) is 36.7 Å². The molecule has 0 N–H and O–H groups in total. The molecule has 0 saturated heterocycles. The zero-order chi connectivity index (χ0) is 17.6. The quantitative estimate of drug-likeness (QED) is 0.452. The molecule has 2 unspecified atom stereocenters. The van der Waals surface area contributed by atoms with Crippen LogP contribution in [0.3, 0.4) is 0 Å².